The van der Waals surface area contributed by atoms with Crippen LogP contribution in [-0.2, 0) is 27.2 Å². The van der Waals surface area contributed by atoms with Crippen LogP contribution in [0, 0.1) is 18.3 Å². The second-order valence-corrected chi connectivity index (χ2v) is 10.9. The third-order valence-electron chi connectivity index (χ3n) is 7.48. The number of hydrogen-bond acceptors (Lipinski definition) is 6. The number of aromatic nitrogens is 1. The van der Waals surface area contributed by atoms with Gasteiger partial charge in [0.2, 0.25) is 11.8 Å². The zero-order valence-corrected chi connectivity index (χ0v) is 21.4. The molecule has 8 heteroatoms. The molecule has 36 heavy (non-hydrogen) atoms. The number of benzene rings is 1. The Morgan fingerprint density at radius 2 is 1.89 bits per heavy atom. The lowest BCUT2D eigenvalue weighted by atomic mass is 9.92. The van der Waals surface area contributed by atoms with Crippen molar-refractivity contribution in [1.82, 2.24) is 9.88 Å². The van der Waals surface area contributed by atoms with Gasteiger partial charge in [-0.25, -0.2) is 9.88 Å². The van der Waals surface area contributed by atoms with E-state index in [1.165, 1.54) is 16.7 Å². The van der Waals surface area contributed by atoms with Crippen LogP contribution < -0.4 is 4.90 Å². The summed E-state index contributed by atoms with van der Waals surface area (Å²) >= 11 is 1.26. The van der Waals surface area contributed by atoms with Gasteiger partial charge >= 0.3 is 0 Å². The van der Waals surface area contributed by atoms with Crippen molar-refractivity contribution < 1.29 is 14.4 Å². The molecule has 1 aromatic carbocycles. The monoisotopic (exact) mass is 502 g/mol. The number of hydrogen-bond donors (Lipinski definition) is 0. The van der Waals surface area contributed by atoms with E-state index in [2.05, 4.69) is 6.07 Å². The molecule has 2 aliphatic carbocycles. The van der Waals surface area contributed by atoms with Crippen molar-refractivity contribution >= 4 is 35.2 Å². The van der Waals surface area contributed by atoms with E-state index in [4.69, 9.17) is 4.98 Å². The number of aryl methyl sites for hydroxylation is 3. The van der Waals surface area contributed by atoms with Crippen molar-refractivity contribution in [2.45, 2.75) is 81.8 Å². The molecule has 2 fully saturated rings. The number of pyridine rings is 1. The summed E-state index contributed by atoms with van der Waals surface area (Å²) < 4.78 is 0. The number of anilines is 1. The first-order valence-electron chi connectivity index (χ1n) is 12.8. The SMILES string of the molecule is Cc1ccc(N2C(=O)CC(N(C(=O)CSc3nc4c(cc3C#N)CCC4)C3CCCCC3)C2=O)cc1. The molecule has 1 saturated carbocycles. The van der Waals surface area contributed by atoms with Crippen molar-refractivity contribution in [3.8, 4) is 6.07 Å². The molecule has 1 unspecified atom stereocenters. The number of thioether (sulfide) groups is 1. The van der Waals surface area contributed by atoms with Crippen molar-refractivity contribution in [2.75, 3.05) is 10.7 Å². The van der Waals surface area contributed by atoms with E-state index in [0.717, 1.165) is 68.2 Å². The summed E-state index contributed by atoms with van der Waals surface area (Å²) in [7, 11) is 0. The summed E-state index contributed by atoms with van der Waals surface area (Å²) in [5.41, 5.74) is 4.22. The van der Waals surface area contributed by atoms with Gasteiger partial charge in [0.15, 0.2) is 0 Å². The maximum Gasteiger partial charge on any atom is 0.257 e. The highest BCUT2D eigenvalue weighted by atomic mass is 32.2. The van der Waals surface area contributed by atoms with Crippen LogP contribution in [0.5, 0.6) is 0 Å². The fraction of sp³-hybridized carbons (Fsp3) is 0.464. The Bertz CT molecular complexity index is 1230. The largest absolute Gasteiger partial charge is 0.326 e. The van der Waals surface area contributed by atoms with Crippen LogP contribution in [0.1, 0.15) is 67.3 Å². The Kier molecular flexibility index (Phi) is 7.10. The number of amides is 3. The predicted molar refractivity (Wildman–Crippen MR) is 137 cm³/mol. The van der Waals surface area contributed by atoms with E-state index in [9.17, 15) is 19.6 Å². The number of nitrogens with zero attached hydrogens (tertiary/aromatic N) is 4. The molecule has 2 heterocycles. The first-order valence-corrected chi connectivity index (χ1v) is 13.7. The molecule has 0 N–H and O–H groups in total. The van der Waals surface area contributed by atoms with Crippen LogP contribution in [0.2, 0.25) is 0 Å². The molecule has 2 aromatic rings. The molecule has 3 aliphatic rings. The van der Waals surface area contributed by atoms with E-state index < -0.39 is 6.04 Å². The van der Waals surface area contributed by atoms with Gasteiger partial charge in [0.25, 0.3) is 5.91 Å². The zero-order valence-electron chi connectivity index (χ0n) is 20.5. The van der Waals surface area contributed by atoms with E-state index in [1.807, 2.05) is 25.1 Å². The Balaban J connectivity index is 1.38. The van der Waals surface area contributed by atoms with Crippen LogP contribution in [0.4, 0.5) is 5.69 Å². The van der Waals surface area contributed by atoms with Gasteiger partial charge in [-0.05, 0) is 62.8 Å². The second kappa shape index (κ2) is 10.4. The van der Waals surface area contributed by atoms with Crippen LogP contribution >= 0.6 is 11.8 Å². The number of carbonyl (C=O) groups excluding carboxylic acids is 3. The average molecular weight is 503 g/mol. The highest BCUT2D eigenvalue weighted by molar-refractivity contribution is 8.00. The topological polar surface area (TPSA) is 94.4 Å². The first kappa shape index (κ1) is 24.5. The third-order valence-corrected chi connectivity index (χ3v) is 8.45. The van der Waals surface area contributed by atoms with E-state index in [-0.39, 0.29) is 35.9 Å². The number of carbonyl (C=O) groups is 3. The van der Waals surface area contributed by atoms with Gasteiger partial charge in [-0.2, -0.15) is 5.26 Å². The molecule has 5 rings (SSSR count). The van der Waals surface area contributed by atoms with Crippen molar-refractivity contribution in [2.24, 2.45) is 0 Å². The lowest BCUT2D eigenvalue weighted by Crippen LogP contribution is -2.52. The minimum absolute atomic E-state index is 0.000156. The minimum atomic E-state index is -0.793. The first-order chi connectivity index (χ1) is 17.5. The maximum absolute atomic E-state index is 13.7. The highest BCUT2D eigenvalue weighted by Gasteiger charge is 2.46. The molecule has 1 atom stereocenters. The van der Waals surface area contributed by atoms with Gasteiger partial charge in [-0.3, -0.25) is 14.4 Å². The lowest BCUT2D eigenvalue weighted by molar-refractivity contribution is -0.139. The second-order valence-electron chi connectivity index (χ2n) is 9.92. The third kappa shape index (κ3) is 4.77. The molecule has 1 saturated heterocycles. The Hall–Kier alpha value is -3.18. The molecule has 0 bridgehead atoms. The van der Waals surface area contributed by atoms with Gasteiger partial charge in [0.05, 0.1) is 23.4 Å². The standard InChI is InChI=1S/C28H30N4O3S/c1-18-10-12-22(13-11-18)32-25(33)15-24(28(32)35)31(21-7-3-2-4-8-21)26(34)17-36-27-20(16-29)14-19-6-5-9-23(19)30-27/h10-14,21,24H,2-9,15,17H2,1H3. The van der Waals surface area contributed by atoms with Crippen LogP contribution in [-0.4, -0.2) is 45.4 Å². The summed E-state index contributed by atoms with van der Waals surface area (Å²) in [5.74, 6) is -0.697. The van der Waals surface area contributed by atoms with Crippen LogP contribution in [0.25, 0.3) is 0 Å². The number of fused-ring (bicyclic) bond motifs is 1. The summed E-state index contributed by atoms with van der Waals surface area (Å²) in [4.78, 5) is 47.8. The van der Waals surface area contributed by atoms with Gasteiger partial charge in [0, 0.05) is 11.7 Å². The molecule has 1 aliphatic heterocycles. The van der Waals surface area contributed by atoms with Gasteiger partial charge < -0.3 is 4.90 Å². The molecule has 1 aromatic heterocycles. The summed E-state index contributed by atoms with van der Waals surface area (Å²) in [6.45, 7) is 1.95. The maximum atomic E-state index is 13.7. The summed E-state index contributed by atoms with van der Waals surface area (Å²) in [6.07, 6.45) is 7.65. The number of rotatable bonds is 6. The molecule has 3 amide bonds. The van der Waals surface area contributed by atoms with Crippen molar-refractivity contribution in [3.63, 3.8) is 0 Å². The van der Waals surface area contributed by atoms with Gasteiger partial charge in [0.1, 0.15) is 17.1 Å². The van der Waals surface area contributed by atoms with Crippen LogP contribution in [0.15, 0.2) is 35.4 Å². The minimum Gasteiger partial charge on any atom is -0.326 e. The lowest BCUT2D eigenvalue weighted by Gasteiger charge is -2.37. The predicted octanol–water partition coefficient (Wildman–Crippen LogP) is 4.34. The smallest absolute Gasteiger partial charge is 0.257 e. The van der Waals surface area contributed by atoms with Crippen molar-refractivity contribution in [1.29, 1.82) is 5.26 Å². The Morgan fingerprint density at radius 3 is 2.61 bits per heavy atom. The van der Waals surface area contributed by atoms with Gasteiger partial charge in [-0.15, -0.1) is 0 Å². The Labute approximate surface area is 215 Å². The molecule has 186 valence electrons. The summed E-state index contributed by atoms with van der Waals surface area (Å²) in [6, 6.07) is 10.6. The van der Waals surface area contributed by atoms with Gasteiger partial charge in [-0.1, -0.05) is 48.7 Å². The quantitative estimate of drug-likeness (QED) is 0.431. The van der Waals surface area contributed by atoms with E-state index in [1.54, 1.807) is 17.0 Å². The molecule has 7 nitrogen and oxygen atoms in total. The average Bonchev–Trinajstić information content (AvgIpc) is 3.46. The fourth-order valence-electron chi connectivity index (χ4n) is 5.64. The normalized spacial score (nSPS) is 19.9. The van der Waals surface area contributed by atoms with Crippen LogP contribution in [0.3, 0.4) is 0 Å². The van der Waals surface area contributed by atoms with E-state index >= 15 is 0 Å². The molecule has 0 spiro atoms. The number of imide groups is 1. The Morgan fingerprint density at radius 1 is 1.14 bits per heavy atom. The summed E-state index contributed by atoms with van der Waals surface area (Å²) in [5, 5.41) is 10.2. The molecular weight excluding hydrogens is 472 g/mol. The van der Waals surface area contributed by atoms with Crippen molar-refractivity contribution in [3.05, 3.63) is 52.7 Å². The van der Waals surface area contributed by atoms with E-state index in [0.29, 0.717) is 16.3 Å². The highest BCUT2D eigenvalue weighted by Crippen LogP contribution is 2.33. The fourth-order valence-corrected chi connectivity index (χ4v) is 6.48. The number of nitriles is 1. The zero-order chi connectivity index (χ0) is 25.2. The molecular formula is C28H30N4O3S. The molecule has 0 radical (unpaired) electrons.